The molecule has 3 amide bonds. The fourth-order valence-electron chi connectivity index (χ4n) is 8.24. The maximum atomic E-state index is 13.8. The van der Waals surface area contributed by atoms with Crippen molar-refractivity contribution in [2.24, 2.45) is 5.92 Å². The third-order valence-electron chi connectivity index (χ3n) is 10.9. The van der Waals surface area contributed by atoms with Crippen molar-refractivity contribution in [1.82, 2.24) is 10.2 Å². The van der Waals surface area contributed by atoms with Gasteiger partial charge in [-0.05, 0) is 112 Å². The number of likely N-dealkylation sites (tertiary alicyclic amines) is 1. The van der Waals surface area contributed by atoms with Gasteiger partial charge < -0.3 is 35.3 Å². The molecule has 10 nitrogen and oxygen atoms in total. The fourth-order valence-corrected chi connectivity index (χ4v) is 8.24. The maximum Gasteiger partial charge on any atom is 0.323 e. The molecule has 4 aromatic rings. The minimum Gasteiger partial charge on any atom is -0.457 e. The molecule has 0 aromatic heterocycles. The van der Waals surface area contributed by atoms with Crippen LogP contribution in [0.15, 0.2) is 103 Å². The van der Waals surface area contributed by atoms with E-state index < -0.39 is 6.29 Å². The zero-order valence-electron chi connectivity index (χ0n) is 32.1. The van der Waals surface area contributed by atoms with Crippen molar-refractivity contribution in [2.45, 2.75) is 108 Å². The lowest BCUT2D eigenvalue weighted by atomic mass is 9.75. The Kier molecular flexibility index (Phi) is 12.2. The number of ether oxygens (including phenoxy) is 3. The highest BCUT2D eigenvalue weighted by molar-refractivity contribution is 5.99. The standard InChI is InChI=1S/C45H54N4O6/c1-45(2,3)48-42(51)40-26-19-31-9-7-8-12-39(31)49(40)28-38-27-41(32-15-13-30(29-50)14-16-32)55-43(54-38)33-17-20-34(21-18-33)46-44(52)47-35-22-24-37(25-23-35)53-36-10-5-4-6-11-36/h4-6,10-11,13-18,20-25,31,38-41,43,50H,7-9,12,19,26-29H2,1-3H3,(H,48,51)(H2,46,47,52). The van der Waals surface area contributed by atoms with Gasteiger partial charge in [0.25, 0.3) is 0 Å². The summed E-state index contributed by atoms with van der Waals surface area (Å²) in [6, 6.07) is 31.9. The maximum absolute atomic E-state index is 13.8. The fraction of sp³-hybridized carbons (Fsp3) is 0.422. The Labute approximate surface area is 324 Å². The van der Waals surface area contributed by atoms with Gasteiger partial charge in [-0.25, -0.2) is 4.79 Å². The zero-order chi connectivity index (χ0) is 38.4. The molecule has 3 fully saturated rings. The Morgan fingerprint density at radius 1 is 0.764 bits per heavy atom. The van der Waals surface area contributed by atoms with Gasteiger partial charge in [0, 0.05) is 41.5 Å². The van der Waals surface area contributed by atoms with Gasteiger partial charge in [-0.2, -0.15) is 0 Å². The lowest BCUT2D eigenvalue weighted by Gasteiger charge is -2.50. The van der Waals surface area contributed by atoms with E-state index in [0.717, 1.165) is 41.7 Å². The normalized spacial score (nSPS) is 24.3. The van der Waals surface area contributed by atoms with E-state index >= 15 is 0 Å². The SMILES string of the molecule is CC(C)(C)NC(=O)C1CCC2CCCCC2N1CC1CC(c2ccc(CO)cc2)OC(c2ccc(NC(=O)Nc3ccc(Oc4ccccc4)cc3)cc2)O1. The Hall–Kier alpha value is -4.74. The first kappa shape index (κ1) is 38.5. The number of hydrogen-bond acceptors (Lipinski definition) is 7. The first-order valence-electron chi connectivity index (χ1n) is 19.7. The number of amides is 3. The van der Waals surface area contributed by atoms with E-state index in [4.69, 9.17) is 14.2 Å². The molecule has 4 N–H and O–H groups in total. The molecule has 7 rings (SSSR count). The molecule has 0 radical (unpaired) electrons. The first-order chi connectivity index (χ1) is 26.6. The summed E-state index contributed by atoms with van der Waals surface area (Å²) in [6.45, 7) is 6.72. The topological polar surface area (TPSA) is 121 Å². The summed E-state index contributed by atoms with van der Waals surface area (Å²) in [5, 5.41) is 18.7. The summed E-state index contributed by atoms with van der Waals surface area (Å²) in [7, 11) is 0. The highest BCUT2D eigenvalue weighted by Crippen LogP contribution is 2.42. The Balaban J connectivity index is 1.05. The predicted octanol–water partition coefficient (Wildman–Crippen LogP) is 9.10. The van der Waals surface area contributed by atoms with Gasteiger partial charge in [0.15, 0.2) is 6.29 Å². The van der Waals surface area contributed by atoms with Crippen molar-refractivity contribution in [2.75, 3.05) is 17.2 Å². The minimum absolute atomic E-state index is 0.0237. The van der Waals surface area contributed by atoms with Crippen LogP contribution in [-0.4, -0.2) is 52.2 Å². The summed E-state index contributed by atoms with van der Waals surface area (Å²) < 4.78 is 19.3. The van der Waals surface area contributed by atoms with Crippen molar-refractivity contribution in [3.8, 4) is 11.5 Å². The second-order valence-corrected chi connectivity index (χ2v) is 16.1. The lowest BCUT2D eigenvalue weighted by Crippen LogP contribution is -2.61. The molecular weight excluding hydrogens is 693 g/mol. The van der Waals surface area contributed by atoms with Crippen molar-refractivity contribution in [3.63, 3.8) is 0 Å². The molecule has 1 saturated carbocycles. The van der Waals surface area contributed by atoms with E-state index in [-0.39, 0.29) is 42.3 Å². The Morgan fingerprint density at radius 3 is 2.07 bits per heavy atom. The number of carbonyl (C=O) groups is 2. The second-order valence-electron chi connectivity index (χ2n) is 16.1. The van der Waals surface area contributed by atoms with Gasteiger partial charge in [0.2, 0.25) is 5.91 Å². The van der Waals surface area contributed by atoms with Gasteiger partial charge in [-0.15, -0.1) is 0 Å². The number of hydrogen-bond donors (Lipinski definition) is 4. The molecule has 0 spiro atoms. The number of rotatable bonds is 10. The van der Waals surface area contributed by atoms with Gasteiger partial charge in [-0.3, -0.25) is 9.69 Å². The number of carbonyl (C=O) groups excluding carboxylic acids is 2. The van der Waals surface area contributed by atoms with Gasteiger partial charge in [0.1, 0.15) is 11.5 Å². The molecule has 4 aromatic carbocycles. The third kappa shape index (κ3) is 10.1. The van der Waals surface area contributed by atoms with Gasteiger partial charge in [0.05, 0.1) is 24.9 Å². The van der Waals surface area contributed by atoms with Crippen LogP contribution in [0.4, 0.5) is 16.2 Å². The van der Waals surface area contributed by atoms with Crippen LogP contribution in [0.1, 0.15) is 94.8 Å². The Morgan fingerprint density at radius 2 is 1.40 bits per heavy atom. The summed E-state index contributed by atoms with van der Waals surface area (Å²) in [6.07, 6.45) is 6.19. The number of benzene rings is 4. The molecular formula is C45H54N4O6. The number of para-hydroxylation sites is 1. The highest BCUT2D eigenvalue weighted by atomic mass is 16.7. The predicted molar refractivity (Wildman–Crippen MR) is 214 cm³/mol. The molecule has 2 aliphatic heterocycles. The van der Waals surface area contributed by atoms with Crippen LogP contribution in [0.3, 0.4) is 0 Å². The number of aliphatic hydroxyl groups is 1. The van der Waals surface area contributed by atoms with Crippen LogP contribution in [0, 0.1) is 5.92 Å². The van der Waals surface area contributed by atoms with Crippen LogP contribution >= 0.6 is 0 Å². The number of fused-ring (bicyclic) bond motifs is 1. The number of nitrogens with zero attached hydrogens (tertiary/aromatic N) is 1. The second kappa shape index (κ2) is 17.4. The number of nitrogens with one attached hydrogen (secondary N) is 3. The smallest absolute Gasteiger partial charge is 0.323 e. The summed E-state index contributed by atoms with van der Waals surface area (Å²) in [5.41, 5.74) is 3.63. The third-order valence-corrected chi connectivity index (χ3v) is 10.9. The van der Waals surface area contributed by atoms with Crippen LogP contribution < -0.4 is 20.7 Å². The van der Waals surface area contributed by atoms with E-state index in [1.54, 1.807) is 12.1 Å². The molecule has 55 heavy (non-hydrogen) atoms. The molecule has 6 unspecified atom stereocenters. The summed E-state index contributed by atoms with van der Waals surface area (Å²) in [5.74, 6) is 2.10. The number of piperidine rings is 1. The average molecular weight is 747 g/mol. The molecule has 6 atom stereocenters. The molecule has 290 valence electrons. The molecule has 2 heterocycles. The van der Waals surface area contributed by atoms with Crippen molar-refractivity contribution < 1.29 is 28.9 Å². The quantitative estimate of drug-likeness (QED) is 0.128. The number of aliphatic hydroxyl groups excluding tert-OH is 1. The van der Waals surface area contributed by atoms with Crippen LogP contribution in [-0.2, 0) is 20.9 Å². The van der Waals surface area contributed by atoms with E-state index in [2.05, 4.69) is 20.9 Å². The molecule has 10 heteroatoms. The van der Waals surface area contributed by atoms with Crippen LogP contribution in [0.25, 0.3) is 0 Å². The molecule has 3 aliphatic rings. The van der Waals surface area contributed by atoms with Gasteiger partial charge >= 0.3 is 6.03 Å². The number of anilines is 2. The first-order valence-corrected chi connectivity index (χ1v) is 19.7. The van der Waals surface area contributed by atoms with E-state index in [9.17, 15) is 14.7 Å². The van der Waals surface area contributed by atoms with E-state index in [1.807, 2.05) is 112 Å². The monoisotopic (exact) mass is 746 g/mol. The van der Waals surface area contributed by atoms with Crippen molar-refractivity contribution in [1.29, 1.82) is 0 Å². The lowest BCUT2D eigenvalue weighted by molar-refractivity contribution is -0.255. The van der Waals surface area contributed by atoms with Gasteiger partial charge in [-0.1, -0.05) is 67.4 Å². The van der Waals surface area contributed by atoms with Crippen molar-refractivity contribution in [3.05, 3.63) is 120 Å². The number of urea groups is 1. The van der Waals surface area contributed by atoms with Crippen molar-refractivity contribution >= 4 is 23.3 Å². The highest BCUT2D eigenvalue weighted by Gasteiger charge is 2.44. The van der Waals surface area contributed by atoms with E-state index in [0.29, 0.717) is 42.0 Å². The molecule has 2 saturated heterocycles. The summed E-state index contributed by atoms with van der Waals surface area (Å²) >= 11 is 0. The zero-order valence-corrected chi connectivity index (χ0v) is 32.1. The largest absolute Gasteiger partial charge is 0.457 e. The summed E-state index contributed by atoms with van der Waals surface area (Å²) in [4.78, 5) is 29.2. The minimum atomic E-state index is -0.658. The van der Waals surface area contributed by atoms with E-state index in [1.165, 1.54) is 19.3 Å². The Bertz CT molecular complexity index is 1860. The van der Waals surface area contributed by atoms with Crippen LogP contribution in [0.2, 0.25) is 0 Å². The average Bonchev–Trinajstić information content (AvgIpc) is 3.18. The van der Waals surface area contributed by atoms with Crippen LogP contribution in [0.5, 0.6) is 11.5 Å². The molecule has 1 aliphatic carbocycles. The molecule has 0 bridgehead atoms.